The van der Waals surface area contributed by atoms with Crippen LogP contribution in [-0.4, -0.2) is 26.1 Å². The van der Waals surface area contributed by atoms with Gasteiger partial charge in [-0.05, 0) is 28.5 Å². The van der Waals surface area contributed by atoms with Crippen molar-refractivity contribution < 1.29 is 9.53 Å². The summed E-state index contributed by atoms with van der Waals surface area (Å²) in [7, 11) is 1.66. The summed E-state index contributed by atoms with van der Waals surface area (Å²) in [5.41, 5.74) is 6.46. The molecule has 21 heavy (non-hydrogen) atoms. The van der Waals surface area contributed by atoms with Crippen molar-refractivity contribution in [3.05, 3.63) is 42.0 Å². The number of hydrogen-bond acceptors (Lipinski definition) is 3. The maximum atomic E-state index is 11.7. The fraction of sp³-hybridized carbons (Fsp3) is 0.353. The van der Waals surface area contributed by atoms with Crippen molar-refractivity contribution in [2.45, 2.75) is 12.3 Å². The van der Waals surface area contributed by atoms with Gasteiger partial charge in [-0.15, -0.1) is 0 Å². The fourth-order valence-electron chi connectivity index (χ4n) is 3.25. The van der Waals surface area contributed by atoms with Gasteiger partial charge in [0, 0.05) is 18.5 Å². The van der Waals surface area contributed by atoms with E-state index in [0.717, 1.165) is 28.6 Å². The van der Waals surface area contributed by atoms with Crippen LogP contribution >= 0.6 is 0 Å². The molecule has 1 aliphatic heterocycles. The third-order valence-corrected chi connectivity index (χ3v) is 4.66. The van der Waals surface area contributed by atoms with Gasteiger partial charge in [0.25, 0.3) is 0 Å². The monoisotopic (exact) mass is 284 g/mol. The molecule has 1 fully saturated rings. The summed E-state index contributed by atoms with van der Waals surface area (Å²) in [6.07, 6.45) is 0. The molecule has 2 atom stereocenters. The highest BCUT2D eigenvalue weighted by Gasteiger charge is 2.43. The number of fused-ring (bicyclic) bond motifs is 1. The number of amides is 1. The van der Waals surface area contributed by atoms with E-state index in [1.54, 1.807) is 7.11 Å². The lowest BCUT2D eigenvalue weighted by atomic mass is 9.73. The number of carbonyl (C=O) groups excluding carboxylic acids is 1. The van der Waals surface area contributed by atoms with Crippen LogP contribution in [0, 0.1) is 5.92 Å². The van der Waals surface area contributed by atoms with E-state index < -0.39 is 0 Å². The summed E-state index contributed by atoms with van der Waals surface area (Å²) in [6.45, 7) is 3.52. The molecule has 3 rings (SSSR count). The highest BCUT2D eigenvalue weighted by molar-refractivity contribution is 5.85. The van der Waals surface area contributed by atoms with E-state index >= 15 is 0 Å². The zero-order valence-electron chi connectivity index (χ0n) is 12.3. The smallest absolute Gasteiger partial charge is 0.222 e. The average molecular weight is 284 g/mol. The number of ether oxygens (including phenoxy) is 1. The lowest BCUT2D eigenvalue weighted by molar-refractivity contribution is -0.122. The molecule has 1 aliphatic rings. The quantitative estimate of drug-likeness (QED) is 0.903. The van der Waals surface area contributed by atoms with Crippen molar-refractivity contribution in [2.24, 2.45) is 11.7 Å². The Labute approximate surface area is 124 Å². The lowest BCUT2D eigenvalue weighted by Crippen LogP contribution is -2.39. The first kappa shape index (κ1) is 13.9. The minimum atomic E-state index is -0.250. The van der Waals surface area contributed by atoms with Gasteiger partial charge in [-0.3, -0.25) is 4.79 Å². The lowest BCUT2D eigenvalue weighted by Gasteiger charge is -2.29. The first-order valence-electron chi connectivity index (χ1n) is 7.13. The normalized spacial score (nSPS) is 25.1. The van der Waals surface area contributed by atoms with Gasteiger partial charge in [-0.1, -0.05) is 31.2 Å². The van der Waals surface area contributed by atoms with Crippen LogP contribution in [0.15, 0.2) is 36.4 Å². The molecule has 2 unspecified atom stereocenters. The van der Waals surface area contributed by atoms with Gasteiger partial charge >= 0.3 is 0 Å². The van der Waals surface area contributed by atoms with Crippen LogP contribution in [0.2, 0.25) is 0 Å². The molecule has 0 aliphatic carbocycles. The molecule has 110 valence electrons. The molecule has 0 bridgehead atoms. The maximum absolute atomic E-state index is 11.7. The molecule has 2 aromatic rings. The molecule has 1 amide bonds. The summed E-state index contributed by atoms with van der Waals surface area (Å²) in [5, 5.41) is 5.56. The van der Waals surface area contributed by atoms with E-state index in [0.29, 0.717) is 6.54 Å². The molecule has 4 heteroatoms. The molecule has 0 radical (unpaired) electrons. The molecule has 0 spiro atoms. The Morgan fingerprint density at radius 3 is 2.71 bits per heavy atom. The molecular weight excluding hydrogens is 264 g/mol. The maximum Gasteiger partial charge on any atom is 0.222 e. The number of nitrogens with two attached hydrogens (primary N) is 1. The Morgan fingerprint density at radius 1 is 1.29 bits per heavy atom. The molecule has 2 aromatic carbocycles. The van der Waals surface area contributed by atoms with Crippen molar-refractivity contribution in [1.82, 2.24) is 5.32 Å². The minimum absolute atomic E-state index is 0.173. The summed E-state index contributed by atoms with van der Waals surface area (Å²) < 4.78 is 5.25. The van der Waals surface area contributed by atoms with Crippen LogP contribution in [0.4, 0.5) is 0 Å². The van der Waals surface area contributed by atoms with E-state index in [2.05, 4.69) is 30.4 Å². The van der Waals surface area contributed by atoms with Crippen LogP contribution < -0.4 is 15.8 Å². The number of rotatable bonds is 3. The number of nitrogens with one attached hydrogen (secondary N) is 1. The third-order valence-electron chi connectivity index (χ3n) is 4.66. The zero-order valence-corrected chi connectivity index (χ0v) is 12.3. The van der Waals surface area contributed by atoms with Gasteiger partial charge in [0.1, 0.15) is 5.75 Å². The topological polar surface area (TPSA) is 64.3 Å². The summed E-state index contributed by atoms with van der Waals surface area (Å²) >= 11 is 0. The van der Waals surface area contributed by atoms with Crippen molar-refractivity contribution >= 4 is 16.7 Å². The molecule has 0 saturated carbocycles. The molecule has 1 heterocycles. The van der Waals surface area contributed by atoms with E-state index in [9.17, 15) is 4.79 Å². The van der Waals surface area contributed by atoms with Gasteiger partial charge in [-0.25, -0.2) is 0 Å². The standard InChI is InChI=1S/C17H20N2O2/c1-17(10-19-9-15(17)16(18)20)13-5-3-12-8-14(21-2)6-4-11(12)7-13/h3-8,15,19H,9-10H2,1-2H3,(H2,18,20). The highest BCUT2D eigenvalue weighted by atomic mass is 16.5. The second-order valence-electron chi connectivity index (χ2n) is 5.93. The Morgan fingerprint density at radius 2 is 2.00 bits per heavy atom. The van der Waals surface area contributed by atoms with Gasteiger partial charge in [0.05, 0.1) is 13.0 Å². The number of primary amides is 1. The molecular formula is C17H20N2O2. The predicted molar refractivity (Wildman–Crippen MR) is 83.4 cm³/mol. The molecule has 0 aromatic heterocycles. The summed E-state index contributed by atoms with van der Waals surface area (Å²) in [5.74, 6) is 0.435. The van der Waals surface area contributed by atoms with Crippen LogP contribution in [0.1, 0.15) is 12.5 Å². The van der Waals surface area contributed by atoms with Crippen LogP contribution in [-0.2, 0) is 10.2 Å². The van der Waals surface area contributed by atoms with Crippen molar-refractivity contribution in [2.75, 3.05) is 20.2 Å². The van der Waals surface area contributed by atoms with Crippen molar-refractivity contribution in [1.29, 1.82) is 0 Å². The van der Waals surface area contributed by atoms with Gasteiger partial charge in [-0.2, -0.15) is 0 Å². The Hall–Kier alpha value is -2.07. The van der Waals surface area contributed by atoms with Crippen LogP contribution in [0.5, 0.6) is 5.75 Å². The highest BCUT2D eigenvalue weighted by Crippen LogP contribution is 2.36. The zero-order chi connectivity index (χ0) is 15.0. The van der Waals surface area contributed by atoms with E-state index in [4.69, 9.17) is 10.5 Å². The fourth-order valence-corrected chi connectivity index (χ4v) is 3.25. The third kappa shape index (κ3) is 2.25. The molecule has 4 nitrogen and oxygen atoms in total. The van der Waals surface area contributed by atoms with E-state index in [1.165, 1.54) is 0 Å². The first-order chi connectivity index (χ1) is 10.0. The Kier molecular flexibility index (Phi) is 3.33. The molecule has 1 saturated heterocycles. The number of carbonyl (C=O) groups is 1. The second-order valence-corrected chi connectivity index (χ2v) is 5.93. The van der Waals surface area contributed by atoms with Gasteiger partial charge in [0.2, 0.25) is 5.91 Å². The summed E-state index contributed by atoms with van der Waals surface area (Å²) in [6, 6.07) is 12.3. The summed E-state index contributed by atoms with van der Waals surface area (Å²) in [4.78, 5) is 11.7. The average Bonchev–Trinajstić information content (AvgIpc) is 2.89. The first-order valence-corrected chi connectivity index (χ1v) is 7.13. The largest absolute Gasteiger partial charge is 0.497 e. The van der Waals surface area contributed by atoms with Crippen molar-refractivity contribution in [3.63, 3.8) is 0 Å². The SMILES string of the molecule is COc1ccc2cc(C3(C)CNCC3C(N)=O)ccc2c1. The number of hydrogen-bond donors (Lipinski definition) is 2. The van der Waals surface area contributed by atoms with E-state index in [1.807, 2.05) is 18.2 Å². The minimum Gasteiger partial charge on any atom is -0.497 e. The molecule has 3 N–H and O–H groups in total. The van der Waals surface area contributed by atoms with Crippen molar-refractivity contribution in [3.8, 4) is 5.75 Å². The Balaban J connectivity index is 2.06. The van der Waals surface area contributed by atoms with E-state index in [-0.39, 0.29) is 17.2 Å². The predicted octanol–water partition coefficient (Wildman–Crippen LogP) is 1.81. The van der Waals surface area contributed by atoms with Crippen LogP contribution in [0.3, 0.4) is 0 Å². The van der Waals surface area contributed by atoms with Gasteiger partial charge < -0.3 is 15.8 Å². The number of benzene rings is 2. The van der Waals surface area contributed by atoms with Crippen LogP contribution in [0.25, 0.3) is 10.8 Å². The number of methoxy groups -OCH3 is 1. The van der Waals surface area contributed by atoms with Gasteiger partial charge in [0.15, 0.2) is 0 Å². The Bertz CT molecular complexity index is 698. The second kappa shape index (κ2) is 5.04.